The Balaban J connectivity index is 2.04. The minimum absolute atomic E-state index is 0.0777. The van der Waals surface area contributed by atoms with Crippen molar-refractivity contribution in [3.63, 3.8) is 0 Å². The minimum atomic E-state index is -0.0887. The van der Waals surface area contributed by atoms with Gasteiger partial charge < -0.3 is 10.5 Å². The van der Waals surface area contributed by atoms with E-state index < -0.39 is 0 Å². The maximum absolute atomic E-state index is 12.8. The third-order valence-corrected chi connectivity index (χ3v) is 4.10. The second kappa shape index (κ2) is 8.13. The molecular formula is C19H23N7O2. The number of nitrogens with two attached hydrogens (primary N) is 1. The average Bonchev–Trinajstić information content (AvgIpc) is 2.68. The van der Waals surface area contributed by atoms with Gasteiger partial charge in [0.2, 0.25) is 11.8 Å². The number of benzene rings is 1. The number of carbonyl (C=O) groups excluding carboxylic acids is 1. The molecule has 2 N–H and O–H groups in total. The van der Waals surface area contributed by atoms with Crippen LogP contribution >= 0.6 is 0 Å². The highest BCUT2D eigenvalue weighted by Crippen LogP contribution is 2.25. The van der Waals surface area contributed by atoms with Crippen LogP contribution in [0.15, 0.2) is 30.5 Å². The molecule has 3 aromatic rings. The summed E-state index contributed by atoms with van der Waals surface area (Å²) >= 11 is 0. The lowest BCUT2D eigenvalue weighted by atomic mass is 10.1. The lowest BCUT2D eigenvalue weighted by Crippen LogP contribution is -2.41. The smallest absolute Gasteiger partial charge is 0.268 e. The molecule has 0 bridgehead atoms. The second-order valence-electron chi connectivity index (χ2n) is 6.20. The summed E-state index contributed by atoms with van der Waals surface area (Å²) in [5.74, 6) is 0.277. The molecule has 2 heterocycles. The van der Waals surface area contributed by atoms with Crippen molar-refractivity contribution >= 4 is 23.0 Å². The zero-order valence-electron chi connectivity index (χ0n) is 16.4. The molecule has 1 aromatic carbocycles. The number of rotatable bonds is 6. The van der Waals surface area contributed by atoms with Gasteiger partial charge in [-0.2, -0.15) is 9.97 Å². The summed E-state index contributed by atoms with van der Waals surface area (Å²) in [5.41, 5.74) is 8.40. The largest absolute Gasteiger partial charge is 0.476 e. The summed E-state index contributed by atoms with van der Waals surface area (Å²) in [7, 11) is 3.67. The first kappa shape index (κ1) is 19.4. The maximum atomic E-state index is 12.8. The van der Waals surface area contributed by atoms with Gasteiger partial charge in [-0.3, -0.25) is 9.80 Å². The number of ether oxygens (including phenoxy) is 1. The number of nitrogens with zero attached hydrogens (tertiary/aromatic N) is 6. The molecule has 0 aliphatic rings. The summed E-state index contributed by atoms with van der Waals surface area (Å²) in [6.07, 6.45) is 1.59. The van der Waals surface area contributed by atoms with Crippen LogP contribution in [0.1, 0.15) is 24.2 Å². The van der Waals surface area contributed by atoms with Crippen molar-refractivity contribution in [3.05, 3.63) is 36.0 Å². The Morgan fingerprint density at radius 2 is 1.96 bits per heavy atom. The van der Waals surface area contributed by atoms with Crippen molar-refractivity contribution in [2.24, 2.45) is 0 Å². The van der Waals surface area contributed by atoms with Gasteiger partial charge in [0.15, 0.2) is 11.2 Å². The zero-order valence-corrected chi connectivity index (χ0v) is 16.4. The van der Waals surface area contributed by atoms with Crippen molar-refractivity contribution in [1.82, 2.24) is 30.0 Å². The molecule has 0 saturated carbocycles. The van der Waals surface area contributed by atoms with Gasteiger partial charge in [-0.15, -0.1) is 0 Å². The third kappa shape index (κ3) is 3.84. The summed E-state index contributed by atoms with van der Waals surface area (Å²) in [5, 5.41) is 3.41. The predicted octanol–water partition coefficient (Wildman–Crippen LogP) is 2.01. The summed E-state index contributed by atoms with van der Waals surface area (Å²) in [6.45, 7) is 4.76. The Kier molecular flexibility index (Phi) is 5.65. The number of anilines is 1. The van der Waals surface area contributed by atoms with Gasteiger partial charge in [-0.1, -0.05) is 12.1 Å². The van der Waals surface area contributed by atoms with Gasteiger partial charge in [0.05, 0.1) is 18.5 Å². The van der Waals surface area contributed by atoms with E-state index in [1.54, 1.807) is 28.3 Å². The monoisotopic (exact) mass is 381 g/mol. The van der Waals surface area contributed by atoms with Crippen LogP contribution in [-0.4, -0.2) is 63.1 Å². The normalized spacial score (nSPS) is 11.0. The summed E-state index contributed by atoms with van der Waals surface area (Å²) in [4.78, 5) is 29.9. The number of hydrogen-bond acceptors (Lipinski definition) is 8. The zero-order chi connectivity index (χ0) is 20.3. The number of aromatic nitrogens is 4. The van der Waals surface area contributed by atoms with Crippen molar-refractivity contribution in [2.75, 3.05) is 33.0 Å². The number of hydrazine groups is 1. The topological polar surface area (TPSA) is 110 Å². The first-order valence-electron chi connectivity index (χ1n) is 8.97. The van der Waals surface area contributed by atoms with Gasteiger partial charge in [0, 0.05) is 31.8 Å². The fraction of sp³-hybridized carbons (Fsp3) is 0.316. The first-order valence-corrected chi connectivity index (χ1v) is 8.97. The molecule has 146 valence electrons. The van der Waals surface area contributed by atoms with Gasteiger partial charge in [-0.25, -0.2) is 15.0 Å². The van der Waals surface area contributed by atoms with Crippen LogP contribution in [0.2, 0.25) is 0 Å². The molecule has 0 spiro atoms. The Morgan fingerprint density at radius 3 is 2.64 bits per heavy atom. The van der Waals surface area contributed by atoms with Crippen molar-refractivity contribution in [1.29, 1.82) is 0 Å². The minimum Gasteiger partial charge on any atom is -0.476 e. The highest BCUT2D eigenvalue weighted by atomic mass is 16.5. The number of hydrogen-bond donors (Lipinski definition) is 1. The van der Waals surface area contributed by atoms with E-state index >= 15 is 0 Å². The number of amides is 1. The van der Waals surface area contributed by atoms with E-state index in [4.69, 9.17) is 10.5 Å². The molecule has 1 amide bonds. The first-order chi connectivity index (χ1) is 13.4. The lowest BCUT2D eigenvalue weighted by Gasteiger charge is -2.27. The van der Waals surface area contributed by atoms with Crippen LogP contribution in [0.25, 0.3) is 22.4 Å². The molecular weight excluding hydrogens is 358 g/mol. The molecule has 2 aromatic heterocycles. The van der Waals surface area contributed by atoms with Crippen LogP contribution in [0.3, 0.4) is 0 Å². The molecule has 9 nitrogen and oxygen atoms in total. The van der Waals surface area contributed by atoms with Crippen LogP contribution in [0.5, 0.6) is 5.88 Å². The molecule has 0 radical (unpaired) electrons. The van der Waals surface area contributed by atoms with Gasteiger partial charge in [0.25, 0.3) is 5.91 Å². The van der Waals surface area contributed by atoms with Crippen LogP contribution in [0.4, 0.5) is 5.95 Å². The molecule has 0 aliphatic heterocycles. The lowest BCUT2D eigenvalue weighted by molar-refractivity contribution is 0.0230. The number of nitrogen functional groups attached to an aromatic ring is 1. The van der Waals surface area contributed by atoms with Gasteiger partial charge in [-0.05, 0) is 26.0 Å². The van der Waals surface area contributed by atoms with Gasteiger partial charge >= 0.3 is 0 Å². The quantitative estimate of drug-likeness (QED) is 0.646. The summed E-state index contributed by atoms with van der Waals surface area (Å²) in [6, 6.07) is 7.27. The van der Waals surface area contributed by atoms with E-state index in [0.717, 1.165) is 5.56 Å². The fourth-order valence-corrected chi connectivity index (χ4v) is 2.84. The molecule has 9 heteroatoms. The molecule has 0 aliphatic carbocycles. The molecule has 28 heavy (non-hydrogen) atoms. The highest BCUT2D eigenvalue weighted by molar-refractivity contribution is 5.95. The third-order valence-electron chi connectivity index (χ3n) is 4.10. The standard InChI is InChI=1S/C19H23N7O2/c1-5-26(25(3)4)18(27)13-9-7-8-12(10-13)14-11-21-16-15(22-14)17(28-6-2)24-19(20)23-16/h7-11H,5-6H2,1-4H3,(H2,20,21,23,24). The van der Waals surface area contributed by atoms with E-state index in [1.807, 2.05) is 40.1 Å². The number of fused-ring (bicyclic) bond motifs is 1. The number of carbonyl (C=O) groups is 1. The van der Waals surface area contributed by atoms with Crippen LogP contribution < -0.4 is 10.5 Å². The highest BCUT2D eigenvalue weighted by Gasteiger charge is 2.17. The molecule has 0 saturated heterocycles. The Morgan fingerprint density at radius 1 is 1.18 bits per heavy atom. The SMILES string of the molecule is CCOc1nc(N)nc2ncc(-c3cccc(C(=O)N(CC)N(C)C)c3)nc12. The van der Waals surface area contributed by atoms with Crippen molar-refractivity contribution < 1.29 is 9.53 Å². The van der Waals surface area contributed by atoms with E-state index in [-0.39, 0.29) is 17.7 Å². The fourth-order valence-electron chi connectivity index (χ4n) is 2.84. The van der Waals surface area contributed by atoms with Crippen molar-refractivity contribution in [3.8, 4) is 17.1 Å². The van der Waals surface area contributed by atoms with E-state index in [9.17, 15) is 4.79 Å². The van der Waals surface area contributed by atoms with E-state index in [0.29, 0.717) is 35.6 Å². The Labute approximate surface area is 163 Å². The molecule has 3 rings (SSSR count). The molecule has 0 atom stereocenters. The van der Waals surface area contributed by atoms with Crippen molar-refractivity contribution in [2.45, 2.75) is 13.8 Å². The molecule has 0 unspecified atom stereocenters. The van der Waals surface area contributed by atoms with Gasteiger partial charge in [0.1, 0.15) is 0 Å². The second-order valence-corrected chi connectivity index (χ2v) is 6.20. The Bertz CT molecular complexity index is 1010. The Hall–Kier alpha value is -3.33. The summed E-state index contributed by atoms with van der Waals surface area (Å²) < 4.78 is 5.53. The molecule has 0 fully saturated rings. The van der Waals surface area contributed by atoms with E-state index in [1.165, 1.54) is 0 Å². The maximum Gasteiger partial charge on any atom is 0.268 e. The van der Waals surface area contributed by atoms with E-state index in [2.05, 4.69) is 19.9 Å². The van der Waals surface area contributed by atoms with Crippen LogP contribution in [-0.2, 0) is 0 Å². The predicted molar refractivity (Wildman–Crippen MR) is 107 cm³/mol. The average molecular weight is 381 g/mol. The van der Waals surface area contributed by atoms with Crippen LogP contribution in [0, 0.1) is 0 Å².